The number of ether oxygens (including phenoxy) is 1. The molecule has 0 aromatic rings. The van der Waals surface area contributed by atoms with Crippen LogP contribution in [0.25, 0.3) is 0 Å². The molecule has 1 amide bonds. The van der Waals surface area contributed by atoms with Crippen LogP contribution in [0.1, 0.15) is 0 Å². The predicted octanol–water partition coefficient (Wildman–Crippen LogP) is -1.54. The molecule has 0 radical (unpaired) electrons. The van der Waals surface area contributed by atoms with Gasteiger partial charge in [0.25, 0.3) is 0 Å². The molecule has 9 nitrogen and oxygen atoms in total. The number of rotatable bonds is 1. The normalized spacial score (nSPS) is 36.0. The maximum Gasteiger partial charge on any atom is 0.424 e. The molecule has 0 bridgehead atoms. The number of hydrogen-bond donors (Lipinski definition) is 2. The van der Waals surface area contributed by atoms with E-state index in [1.54, 1.807) is 0 Å². The number of hydrogen-bond acceptors (Lipinski definition) is 6. The van der Waals surface area contributed by atoms with Crippen molar-refractivity contribution in [3.63, 3.8) is 0 Å². The van der Waals surface area contributed by atoms with Crippen LogP contribution < -0.4 is 0 Å². The predicted molar refractivity (Wildman–Crippen MR) is 44.8 cm³/mol. The van der Waals surface area contributed by atoms with Gasteiger partial charge < -0.3 is 14.9 Å². The van der Waals surface area contributed by atoms with Gasteiger partial charge in [0, 0.05) is 0 Å². The highest BCUT2D eigenvalue weighted by atomic mass is 32.2. The van der Waals surface area contributed by atoms with Gasteiger partial charge in [-0.15, -0.1) is 0 Å². The van der Waals surface area contributed by atoms with Crippen molar-refractivity contribution in [2.45, 2.75) is 11.6 Å². The zero-order valence-corrected chi connectivity index (χ0v) is 8.51. The average Bonchev–Trinajstić information content (AvgIpc) is 2.55. The number of aliphatic carboxylic acids is 1. The number of carboxylic acids is 1. The third-order valence-electron chi connectivity index (χ3n) is 2.49. The highest BCUT2D eigenvalue weighted by Crippen LogP contribution is 2.39. The van der Waals surface area contributed by atoms with Crippen LogP contribution in [0.15, 0.2) is 0 Å². The minimum absolute atomic E-state index is 0.194. The molecule has 2 atom stereocenters. The summed E-state index contributed by atoms with van der Waals surface area (Å²) in [7, 11) is -4.58. The first-order valence-electron chi connectivity index (χ1n) is 4.10. The van der Waals surface area contributed by atoms with Gasteiger partial charge in [-0.25, -0.2) is 13.8 Å². The van der Waals surface area contributed by atoms with E-state index < -0.39 is 40.6 Å². The van der Waals surface area contributed by atoms with E-state index in [-0.39, 0.29) is 10.9 Å². The summed E-state index contributed by atoms with van der Waals surface area (Å²) in [5, 5.41) is 17.8. The number of nitrogens with zero attached hydrogens (tertiary/aromatic N) is 1. The topological polar surface area (TPSA) is 130 Å². The molecule has 0 aromatic carbocycles. The van der Waals surface area contributed by atoms with Gasteiger partial charge >= 0.3 is 22.4 Å². The zero-order valence-electron chi connectivity index (χ0n) is 7.69. The molecular weight excluding hydrogens is 246 g/mol. The lowest BCUT2D eigenvalue weighted by molar-refractivity contribution is -0.148. The Labute approximate surface area is 89.4 Å². The number of carboxylic acid groups (broad SMARTS) is 2. The molecule has 90 valence electrons. The van der Waals surface area contributed by atoms with Crippen LogP contribution in [0, 0.1) is 0 Å². The first-order valence-corrected chi connectivity index (χ1v) is 5.46. The van der Waals surface area contributed by atoms with E-state index in [0.717, 1.165) is 0 Å². The second-order valence-corrected chi connectivity index (χ2v) is 4.75. The van der Waals surface area contributed by atoms with E-state index in [4.69, 9.17) is 14.9 Å². The molecule has 2 heterocycles. The van der Waals surface area contributed by atoms with Crippen molar-refractivity contribution in [2.75, 3.05) is 13.2 Å². The van der Waals surface area contributed by atoms with Crippen LogP contribution in [0.2, 0.25) is 0 Å². The lowest BCUT2D eigenvalue weighted by Crippen LogP contribution is -2.59. The van der Waals surface area contributed by atoms with Gasteiger partial charge in [-0.2, -0.15) is 12.7 Å². The van der Waals surface area contributed by atoms with Crippen molar-refractivity contribution in [3.8, 4) is 0 Å². The quantitative estimate of drug-likeness (QED) is 0.575. The van der Waals surface area contributed by atoms with Gasteiger partial charge in [0.05, 0.1) is 13.2 Å². The lowest BCUT2D eigenvalue weighted by atomic mass is 9.96. The highest BCUT2D eigenvalue weighted by Gasteiger charge is 2.68. The zero-order chi connectivity index (χ0) is 12.1. The van der Waals surface area contributed by atoms with Crippen LogP contribution >= 0.6 is 0 Å². The van der Waals surface area contributed by atoms with Crippen molar-refractivity contribution in [3.05, 3.63) is 0 Å². The Balaban J connectivity index is 2.60. The lowest BCUT2D eigenvalue weighted by Gasteiger charge is -2.25. The molecule has 2 fully saturated rings. The van der Waals surface area contributed by atoms with E-state index in [9.17, 15) is 18.0 Å². The molecule has 0 aliphatic carbocycles. The second kappa shape index (κ2) is 3.06. The average molecular weight is 253 g/mol. The molecule has 2 rings (SSSR count). The molecule has 0 aromatic heterocycles. The van der Waals surface area contributed by atoms with Crippen molar-refractivity contribution in [2.24, 2.45) is 0 Å². The smallest absolute Gasteiger partial charge is 0.424 e. The van der Waals surface area contributed by atoms with Gasteiger partial charge in [0.1, 0.15) is 6.10 Å². The van der Waals surface area contributed by atoms with Gasteiger partial charge in [-0.05, 0) is 0 Å². The Kier molecular flexibility index (Phi) is 2.12. The minimum atomic E-state index is -4.58. The highest BCUT2D eigenvalue weighted by molar-refractivity contribution is 7.85. The van der Waals surface area contributed by atoms with Crippen molar-refractivity contribution < 1.29 is 37.1 Å². The third-order valence-corrected chi connectivity index (χ3v) is 3.90. The van der Waals surface area contributed by atoms with Crippen LogP contribution in [0.4, 0.5) is 4.79 Å². The molecule has 2 saturated heterocycles. The fourth-order valence-corrected chi connectivity index (χ4v) is 3.22. The summed E-state index contributed by atoms with van der Waals surface area (Å²) >= 11 is 0. The van der Waals surface area contributed by atoms with Crippen molar-refractivity contribution in [1.82, 2.24) is 4.31 Å². The van der Waals surface area contributed by atoms with E-state index in [0.29, 0.717) is 0 Å². The second-order valence-electron chi connectivity index (χ2n) is 3.33. The maximum atomic E-state index is 11.3. The van der Waals surface area contributed by atoms with Crippen LogP contribution in [-0.4, -0.2) is 59.9 Å². The Morgan fingerprint density at radius 3 is 2.50 bits per heavy atom. The van der Waals surface area contributed by atoms with Gasteiger partial charge in [-0.1, -0.05) is 0 Å². The molecule has 0 spiro atoms. The summed E-state index contributed by atoms with van der Waals surface area (Å²) in [5.41, 5.74) is -2.20. The fraction of sp³-hybridized carbons (Fsp3) is 0.667. The van der Waals surface area contributed by atoms with Crippen LogP contribution in [0.3, 0.4) is 0 Å². The molecule has 2 aliphatic heterocycles. The largest absolute Gasteiger partial charge is 0.479 e. The minimum Gasteiger partial charge on any atom is -0.479 e. The summed E-state index contributed by atoms with van der Waals surface area (Å²) in [6.07, 6.45) is -3.25. The summed E-state index contributed by atoms with van der Waals surface area (Å²) < 4.78 is 31.7. The van der Waals surface area contributed by atoms with E-state index in [2.05, 4.69) is 4.18 Å². The molecule has 10 heteroatoms. The summed E-state index contributed by atoms with van der Waals surface area (Å²) in [4.78, 5) is 21.9. The summed E-state index contributed by atoms with van der Waals surface area (Å²) in [6, 6.07) is 0. The van der Waals surface area contributed by atoms with Gasteiger partial charge in [-0.3, -0.25) is 0 Å². The van der Waals surface area contributed by atoms with Crippen molar-refractivity contribution in [1.29, 1.82) is 0 Å². The Morgan fingerprint density at radius 1 is 1.38 bits per heavy atom. The first-order chi connectivity index (χ1) is 7.32. The number of amides is 1. The van der Waals surface area contributed by atoms with E-state index >= 15 is 0 Å². The summed E-state index contributed by atoms with van der Waals surface area (Å²) in [6.45, 7) is -0.839. The number of carbonyl (C=O) groups is 2. The van der Waals surface area contributed by atoms with Crippen LogP contribution in [0.5, 0.6) is 0 Å². The number of fused-ring (bicyclic) bond motifs is 1. The summed E-state index contributed by atoms with van der Waals surface area (Å²) in [5.74, 6) is -1.61. The molecule has 0 unspecified atom stereocenters. The first kappa shape index (κ1) is 11.1. The molecular formula is C6H7NO8S. The van der Waals surface area contributed by atoms with Crippen molar-refractivity contribution >= 4 is 22.4 Å². The van der Waals surface area contributed by atoms with Gasteiger partial charge in [0.2, 0.25) is 5.54 Å². The third kappa shape index (κ3) is 1.14. The molecule has 0 saturated carbocycles. The molecule has 16 heavy (non-hydrogen) atoms. The maximum absolute atomic E-state index is 11.3. The monoisotopic (exact) mass is 253 g/mol. The van der Waals surface area contributed by atoms with Gasteiger partial charge in [0.15, 0.2) is 0 Å². The standard InChI is InChI=1S/C6H7NO8S/c8-4(9)6-2-14-1-3(6)15-16(12,13)7(6)5(10)11/h3H,1-2H2,(H,8,9)(H,10,11)/t3-,6+/m0/s1. The Bertz CT molecular complexity index is 457. The van der Waals surface area contributed by atoms with E-state index in [1.807, 2.05) is 0 Å². The Morgan fingerprint density at radius 2 is 2.00 bits per heavy atom. The molecule has 2 N–H and O–H groups in total. The SMILES string of the molecule is O=C(O)N1[C@]2(C(=O)O)COC[C@@H]2OS1(=O)=O. The van der Waals surface area contributed by atoms with E-state index in [1.165, 1.54) is 0 Å². The molecule has 2 aliphatic rings. The van der Waals surface area contributed by atoms with Crippen LogP contribution in [-0.2, 0) is 24.0 Å². The fourth-order valence-electron chi connectivity index (χ4n) is 1.79. The Hall–Kier alpha value is -1.39.